The van der Waals surface area contributed by atoms with Gasteiger partial charge in [0, 0.05) is 26.3 Å². The average molecular weight is 254 g/mol. The first kappa shape index (κ1) is 13.8. The van der Waals surface area contributed by atoms with E-state index >= 15 is 0 Å². The lowest BCUT2D eigenvalue weighted by Gasteiger charge is -2.31. The van der Waals surface area contributed by atoms with Gasteiger partial charge in [0.2, 0.25) is 5.91 Å². The number of carbonyl (C=O) groups is 1. The molecular weight excluding hydrogens is 228 g/mol. The van der Waals surface area contributed by atoms with Crippen molar-refractivity contribution in [2.75, 3.05) is 33.4 Å². The molecule has 2 aliphatic rings. The standard InChI is InChI=1S/C14H26N2O2/c1-11-3-4-13(15-2)14(17)16(9-11)10-12-5-7-18-8-6-12/h11-13,15H,3-10H2,1-2H3. The molecule has 2 fully saturated rings. The molecule has 4 nitrogen and oxygen atoms in total. The number of hydrogen-bond acceptors (Lipinski definition) is 3. The summed E-state index contributed by atoms with van der Waals surface area (Å²) < 4.78 is 5.39. The van der Waals surface area contributed by atoms with E-state index in [1.807, 2.05) is 7.05 Å². The summed E-state index contributed by atoms with van der Waals surface area (Å²) in [5.41, 5.74) is 0. The van der Waals surface area contributed by atoms with E-state index in [0.29, 0.717) is 17.7 Å². The second-order valence-electron chi connectivity index (χ2n) is 5.82. The van der Waals surface area contributed by atoms with Crippen molar-refractivity contribution in [3.63, 3.8) is 0 Å². The van der Waals surface area contributed by atoms with Crippen LogP contribution >= 0.6 is 0 Å². The Morgan fingerprint density at radius 3 is 2.67 bits per heavy atom. The van der Waals surface area contributed by atoms with Crippen LogP contribution in [0.5, 0.6) is 0 Å². The number of nitrogens with zero attached hydrogens (tertiary/aromatic N) is 1. The predicted octanol–water partition coefficient (Wildman–Crippen LogP) is 1.26. The summed E-state index contributed by atoms with van der Waals surface area (Å²) in [6, 6.07) is 0.0230. The Hall–Kier alpha value is -0.610. The number of likely N-dealkylation sites (N-methyl/N-ethyl adjacent to an activating group) is 1. The largest absolute Gasteiger partial charge is 0.381 e. The van der Waals surface area contributed by atoms with E-state index in [4.69, 9.17) is 4.74 Å². The Balaban J connectivity index is 1.96. The van der Waals surface area contributed by atoms with Crippen molar-refractivity contribution < 1.29 is 9.53 Å². The fourth-order valence-electron chi connectivity index (χ4n) is 3.03. The fraction of sp³-hybridized carbons (Fsp3) is 0.929. The van der Waals surface area contributed by atoms with Crippen LogP contribution in [0.1, 0.15) is 32.6 Å². The highest BCUT2D eigenvalue weighted by Crippen LogP contribution is 2.21. The van der Waals surface area contributed by atoms with Crippen molar-refractivity contribution in [2.24, 2.45) is 11.8 Å². The molecule has 2 rings (SSSR count). The monoisotopic (exact) mass is 254 g/mol. The van der Waals surface area contributed by atoms with Gasteiger partial charge in [-0.05, 0) is 44.6 Å². The average Bonchev–Trinajstić information content (AvgIpc) is 2.51. The molecule has 0 aromatic carbocycles. The van der Waals surface area contributed by atoms with Crippen LogP contribution in [-0.4, -0.2) is 50.2 Å². The van der Waals surface area contributed by atoms with Gasteiger partial charge in [0.1, 0.15) is 0 Å². The summed E-state index contributed by atoms with van der Waals surface area (Å²) in [6.45, 7) is 5.82. The normalized spacial score (nSPS) is 31.4. The van der Waals surface area contributed by atoms with Crippen LogP contribution in [0.15, 0.2) is 0 Å². The van der Waals surface area contributed by atoms with E-state index in [2.05, 4.69) is 17.1 Å². The third kappa shape index (κ3) is 3.45. The molecule has 2 unspecified atom stereocenters. The van der Waals surface area contributed by atoms with Crippen molar-refractivity contribution in [1.29, 1.82) is 0 Å². The highest BCUT2D eigenvalue weighted by Gasteiger charge is 2.30. The molecule has 2 atom stereocenters. The molecule has 1 amide bonds. The quantitative estimate of drug-likeness (QED) is 0.824. The summed E-state index contributed by atoms with van der Waals surface area (Å²) in [6.07, 6.45) is 4.31. The maximum Gasteiger partial charge on any atom is 0.239 e. The van der Waals surface area contributed by atoms with Gasteiger partial charge in [0.05, 0.1) is 6.04 Å². The van der Waals surface area contributed by atoms with Crippen LogP contribution < -0.4 is 5.32 Å². The Bertz CT molecular complexity index is 277. The molecule has 2 aliphatic heterocycles. The van der Waals surface area contributed by atoms with Gasteiger partial charge in [0.15, 0.2) is 0 Å². The number of hydrogen-bond donors (Lipinski definition) is 1. The Labute approximate surface area is 110 Å². The zero-order valence-electron chi connectivity index (χ0n) is 11.7. The van der Waals surface area contributed by atoms with Gasteiger partial charge < -0.3 is 15.0 Å². The summed E-state index contributed by atoms with van der Waals surface area (Å²) in [5, 5.41) is 3.17. The summed E-state index contributed by atoms with van der Waals surface area (Å²) in [5.74, 6) is 1.55. The van der Waals surface area contributed by atoms with Gasteiger partial charge in [-0.25, -0.2) is 0 Å². The summed E-state index contributed by atoms with van der Waals surface area (Å²) in [4.78, 5) is 14.5. The lowest BCUT2D eigenvalue weighted by molar-refractivity contribution is -0.134. The van der Waals surface area contributed by atoms with E-state index in [1.165, 1.54) is 0 Å². The third-order valence-electron chi connectivity index (χ3n) is 4.26. The first-order chi connectivity index (χ1) is 8.70. The van der Waals surface area contributed by atoms with E-state index in [0.717, 1.165) is 52.0 Å². The Kier molecular flexibility index (Phi) is 5.01. The van der Waals surface area contributed by atoms with E-state index < -0.39 is 0 Å². The molecule has 0 aromatic heterocycles. The molecule has 0 bridgehead atoms. The lowest BCUT2D eigenvalue weighted by atomic mass is 9.99. The molecule has 4 heteroatoms. The van der Waals surface area contributed by atoms with Gasteiger partial charge >= 0.3 is 0 Å². The summed E-state index contributed by atoms with van der Waals surface area (Å²) >= 11 is 0. The number of amides is 1. The molecule has 0 radical (unpaired) electrons. The molecule has 18 heavy (non-hydrogen) atoms. The molecule has 1 N–H and O–H groups in total. The summed E-state index contributed by atoms with van der Waals surface area (Å²) in [7, 11) is 1.89. The van der Waals surface area contributed by atoms with Crippen LogP contribution in [0.3, 0.4) is 0 Å². The zero-order valence-corrected chi connectivity index (χ0v) is 11.7. The highest BCUT2D eigenvalue weighted by molar-refractivity contribution is 5.82. The van der Waals surface area contributed by atoms with Gasteiger partial charge in [-0.3, -0.25) is 4.79 Å². The first-order valence-corrected chi connectivity index (χ1v) is 7.24. The molecular formula is C14H26N2O2. The van der Waals surface area contributed by atoms with E-state index in [9.17, 15) is 4.79 Å². The van der Waals surface area contributed by atoms with Crippen molar-refractivity contribution in [3.05, 3.63) is 0 Å². The van der Waals surface area contributed by atoms with Crippen molar-refractivity contribution in [2.45, 2.75) is 38.6 Å². The van der Waals surface area contributed by atoms with Gasteiger partial charge in [-0.2, -0.15) is 0 Å². The number of carbonyl (C=O) groups excluding carboxylic acids is 1. The Morgan fingerprint density at radius 1 is 1.28 bits per heavy atom. The molecule has 2 saturated heterocycles. The minimum Gasteiger partial charge on any atom is -0.381 e. The number of rotatable bonds is 3. The first-order valence-electron chi connectivity index (χ1n) is 7.24. The zero-order chi connectivity index (χ0) is 13.0. The number of nitrogens with one attached hydrogen (secondary N) is 1. The minimum absolute atomic E-state index is 0.0230. The molecule has 0 aromatic rings. The van der Waals surface area contributed by atoms with E-state index in [1.54, 1.807) is 0 Å². The molecule has 0 spiro atoms. The minimum atomic E-state index is 0.0230. The molecule has 0 aliphatic carbocycles. The molecule has 104 valence electrons. The highest BCUT2D eigenvalue weighted by atomic mass is 16.5. The van der Waals surface area contributed by atoms with Crippen LogP contribution in [0, 0.1) is 11.8 Å². The van der Waals surface area contributed by atoms with Crippen LogP contribution in [0.2, 0.25) is 0 Å². The van der Waals surface area contributed by atoms with Gasteiger partial charge in [-0.15, -0.1) is 0 Å². The number of likely N-dealkylation sites (tertiary alicyclic amines) is 1. The maximum atomic E-state index is 12.4. The van der Waals surface area contributed by atoms with Crippen molar-refractivity contribution in [1.82, 2.24) is 10.2 Å². The van der Waals surface area contributed by atoms with E-state index in [-0.39, 0.29) is 6.04 Å². The van der Waals surface area contributed by atoms with Gasteiger partial charge in [-0.1, -0.05) is 6.92 Å². The smallest absolute Gasteiger partial charge is 0.239 e. The van der Waals surface area contributed by atoms with Gasteiger partial charge in [0.25, 0.3) is 0 Å². The Morgan fingerprint density at radius 2 is 2.00 bits per heavy atom. The van der Waals surface area contributed by atoms with Crippen LogP contribution in [0.4, 0.5) is 0 Å². The topological polar surface area (TPSA) is 41.6 Å². The van der Waals surface area contributed by atoms with Crippen LogP contribution in [0.25, 0.3) is 0 Å². The van der Waals surface area contributed by atoms with Crippen molar-refractivity contribution >= 4 is 5.91 Å². The fourth-order valence-corrected chi connectivity index (χ4v) is 3.03. The SMILES string of the molecule is CNC1CCC(C)CN(CC2CCOCC2)C1=O. The maximum absolute atomic E-state index is 12.4. The second kappa shape index (κ2) is 6.53. The molecule has 2 heterocycles. The third-order valence-corrected chi connectivity index (χ3v) is 4.26. The predicted molar refractivity (Wildman–Crippen MR) is 71.4 cm³/mol. The molecule has 0 saturated carbocycles. The number of ether oxygens (including phenoxy) is 1. The lowest BCUT2D eigenvalue weighted by Crippen LogP contribution is -2.46. The van der Waals surface area contributed by atoms with Crippen molar-refractivity contribution in [3.8, 4) is 0 Å². The van der Waals surface area contributed by atoms with Crippen LogP contribution in [-0.2, 0) is 9.53 Å². The second-order valence-corrected chi connectivity index (χ2v) is 5.82.